The average Bonchev–Trinajstić information content (AvgIpc) is 2.60. The highest BCUT2D eigenvalue weighted by Crippen LogP contribution is 2.26. The monoisotopic (exact) mass is 318 g/mol. The van der Waals surface area contributed by atoms with Gasteiger partial charge in [-0.15, -0.1) is 23.7 Å². The van der Waals surface area contributed by atoms with Crippen molar-refractivity contribution in [3.63, 3.8) is 0 Å². The molecule has 114 valence electrons. The zero-order valence-corrected chi connectivity index (χ0v) is 14.1. The van der Waals surface area contributed by atoms with Gasteiger partial charge in [0.1, 0.15) is 0 Å². The van der Waals surface area contributed by atoms with Crippen molar-refractivity contribution in [1.29, 1.82) is 0 Å². The Kier molecular flexibility index (Phi) is 5.40. The highest BCUT2D eigenvalue weighted by atomic mass is 35.5. The fraction of sp³-hybridized carbons (Fsp3) is 0.692. The zero-order valence-electron chi connectivity index (χ0n) is 12.4. The van der Waals surface area contributed by atoms with Crippen LogP contribution in [0, 0.1) is 0 Å². The number of hydrogen-bond acceptors (Lipinski definition) is 5. The molecule has 0 radical (unpaired) electrons. The van der Waals surface area contributed by atoms with Gasteiger partial charge in [0, 0.05) is 30.2 Å². The number of rotatable bonds is 3. The van der Waals surface area contributed by atoms with E-state index in [0.717, 1.165) is 18.0 Å². The zero-order chi connectivity index (χ0) is 14.2. The van der Waals surface area contributed by atoms with Gasteiger partial charge in [0.15, 0.2) is 5.13 Å². The molecule has 0 unspecified atom stereocenters. The molecule has 2 heterocycles. The quantitative estimate of drug-likeness (QED) is 0.925. The second kappa shape index (κ2) is 6.28. The second-order valence-electron chi connectivity index (χ2n) is 5.98. The normalized spacial score (nSPS) is 19.2. The van der Waals surface area contributed by atoms with E-state index in [1.807, 2.05) is 4.90 Å². The third kappa shape index (κ3) is 3.62. The van der Waals surface area contributed by atoms with E-state index >= 15 is 0 Å². The highest BCUT2D eigenvalue weighted by molar-refractivity contribution is 7.15. The first-order valence-corrected chi connectivity index (χ1v) is 7.36. The highest BCUT2D eigenvalue weighted by Gasteiger charge is 2.39. The maximum atomic E-state index is 12.3. The summed E-state index contributed by atoms with van der Waals surface area (Å²) in [5.74, 6) is 0.198. The number of nitrogen functional groups attached to an aromatic ring is 1. The Hall–Kier alpha value is -0.850. The van der Waals surface area contributed by atoms with Crippen LogP contribution in [0.3, 0.4) is 0 Å². The molecule has 0 aliphatic carbocycles. The topological polar surface area (TPSA) is 62.5 Å². The van der Waals surface area contributed by atoms with E-state index < -0.39 is 0 Å². The van der Waals surface area contributed by atoms with Gasteiger partial charge in [0.05, 0.1) is 12.1 Å². The number of aromatic nitrogens is 1. The summed E-state index contributed by atoms with van der Waals surface area (Å²) in [6.45, 7) is 10.5. The molecule has 1 aliphatic heterocycles. The summed E-state index contributed by atoms with van der Waals surface area (Å²) in [4.78, 5) is 21.6. The first kappa shape index (κ1) is 17.2. The molecule has 2 N–H and O–H groups in total. The molecule has 1 aliphatic rings. The van der Waals surface area contributed by atoms with Crippen molar-refractivity contribution in [3.05, 3.63) is 11.1 Å². The smallest absolute Gasteiger partial charge is 0.237 e. The van der Waals surface area contributed by atoms with Gasteiger partial charge in [-0.1, -0.05) is 0 Å². The van der Waals surface area contributed by atoms with Crippen LogP contribution in [-0.4, -0.2) is 45.4 Å². The molecular formula is C13H23ClN4OS. The predicted molar refractivity (Wildman–Crippen MR) is 85.1 cm³/mol. The Bertz CT molecular complexity index is 475. The van der Waals surface area contributed by atoms with E-state index in [1.165, 1.54) is 11.3 Å². The minimum Gasteiger partial charge on any atom is -0.375 e. The molecule has 2 rings (SSSR count). The maximum absolute atomic E-state index is 12.3. The lowest BCUT2D eigenvalue weighted by Gasteiger charge is -2.48. The Morgan fingerprint density at radius 2 is 2.15 bits per heavy atom. The molecule has 0 spiro atoms. The first-order chi connectivity index (χ1) is 8.79. The van der Waals surface area contributed by atoms with Crippen LogP contribution in [0.2, 0.25) is 0 Å². The molecule has 1 aromatic heterocycles. The van der Waals surface area contributed by atoms with Crippen LogP contribution in [0.25, 0.3) is 0 Å². The molecule has 0 saturated carbocycles. The molecular weight excluding hydrogens is 296 g/mol. The number of carbonyl (C=O) groups excluding carboxylic acids is 1. The number of halogens is 1. The number of anilines is 1. The number of thiazole rings is 1. The van der Waals surface area contributed by atoms with Gasteiger partial charge in [0.2, 0.25) is 5.91 Å². The molecule has 5 nitrogen and oxygen atoms in total. The number of amides is 1. The van der Waals surface area contributed by atoms with E-state index in [4.69, 9.17) is 5.73 Å². The molecule has 1 aromatic rings. The summed E-state index contributed by atoms with van der Waals surface area (Å²) in [7, 11) is 0. The van der Waals surface area contributed by atoms with E-state index in [2.05, 4.69) is 37.6 Å². The van der Waals surface area contributed by atoms with Crippen molar-refractivity contribution < 1.29 is 4.79 Å². The van der Waals surface area contributed by atoms with Crippen molar-refractivity contribution in [1.82, 2.24) is 14.8 Å². The number of hydrogen-bond donors (Lipinski definition) is 1. The van der Waals surface area contributed by atoms with Crippen LogP contribution in [0.5, 0.6) is 0 Å². The van der Waals surface area contributed by atoms with Crippen LogP contribution in [-0.2, 0) is 11.3 Å². The van der Waals surface area contributed by atoms with Gasteiger partial charge in [0.25, 0.3) is 0 Å². The number of nitrogens with zero attached hydrogens (tertiary/aromatic N) is 3. The van der Waals surface area contributed by atoms with Gasteiger partial charge in [-0.2, -0.15) is 0 Å². The lowest BCUT2D eigenvalue weighted by Crippen LogP contribution is -2.63. The number of piperazine rings is 1. The summed E-state index contributed by atoms with van der Waals surface area (Å²) in [6, 6.07) is 0.240. The third-order valence-corrected chi connectivity index (χ3v) is 4.17. The van der Waals surface area contributed by atoms with Gasteiger partial charge >= 0.3 is 0 Å². The first-order valence-electron chi connectivity index (χ1n) is 6.54. The van der Waals surface area contributed by atoms with Crippen LogP contribution in [0.1, 0.15) is 32.6 Å². The molecule has 0 aromatic carbocycles. The Morgan fingerprint density at radius 1 is 1.50 bits per heavy atom. The summed E-state index contributed by atoms with van der Waals surface area (Å²) in [5, 5.41) is 0.585. The van der Waals surface area contributed by atoms with Crippen molar-refractivity contribution in [2.45, 2.75) is 45.8 Å². The van der Waals surface area contributed by atoms with Crippen LogP contribution in [0.15, 0.2) is 6.20 Å². The number of nitrogens with two attached hydrogens (primary N) is 1. The van der Waals surface area contributed by atoms with Gasteiger partial charge < -0.3 is 10.6 Å². The summed E-state index contributed by atoms with van der Waals surface area (Å²) in [6.07, 6.45) is 1.80. The van der Waals surface area contributed by atoms with Crippen molar-refractivity contribution in [2.75, 3.05) is 18.8 Å². The fourth-order valence-electron chi connectivity index (χ4n) is 3.00. The van der Waals surface area contributed by atoms with E-state index in [-0.39, 0.29) is 29.9 Å². The standard InChI is InChI=1S/C13H22N4OS.ClH/c1-9(2)17-11(18)7-16(8-13(17,3)4)6-10-5-15-12(14)19-10;/h5,9H,6-8H2,1-4H3,(H2,14,15);1H. The molecule has 0 atom stereocenters. The predicted octanol–water partition coefficient (Wildman–Crippen LogP) is 1.98. The SMILES string of the molecule is CC(C)N1C(=O)CN(Cc2cnc(N)s2)CC1(C)C.Cl. The van der Waals surface area contributed by atoms with Crippen LogP contribution >= 0.6 is 23.7 Å². The van der Waals surface area contributed by atoms with Gasteiger partial charge in [-0.25, -0.2) is 4.98 Å². The Labute approximate surface area is 130 Å². The largest absolute Gasteiger partial charge is 0.375 e. The van der Waals surface area contributed by atoms with Crippen LogP contribution < -0.4 is 5.73 Å². The fourth-order valence-corrected chi connectivity index (χ4v) is 3.73. The van der Waals surface area contributed by atoms with Crippen molar-refractivity contribution in [2.24, 2.45) is 0 Å². The second-order valence-corrected chi connectivity index (χ2v) is 7.13. The van der Waals surface area contributed by atoms with E-state index in [0.29, 0.717) is 11.7 Å². The molecule has 1 saturated heterocycles. The molecule has 7 heteroatoms. The summed E-state index contributed by atoms with van der Waals surface area (Å²) in [5.41, 5.74) is 5.50. The third-order valence-electron chi connectivity index (χ3n) is 3.36. The lowest BCUT2D eigenvalue weighted by molar-refractivity contribution is -0.148. The lowest BCUT2D eigenvalue weighted by atomic mass is 9.96. The maximum Gasteiger partial charge on any atom is 0.237 e. The molecule has 20 heavy (non-hydrogen) atoms. The van der Waals surface area contributed by atoms with Gasteiger partial charge in [-0.3, -0.25) is 9.69 Å². The van der Waals surface area contributed by atoms with Gasteiger partial charge in [-0.05, 0) is 27.7 Å². The van der Waals surface area contributed by atoms with E-state index in [9.17, 15) is 4.79 Å². The Morgan fingerprint density at radius 3 is 2.60 bits per heavy atom. The van der Waals surface area contributed by atoms with Crippen molar-refractivity contribution >= 4 is 34.8 Å². The minimum atomic E-state index is -0.139. The average molecular weight is 319 g/mol. The molecule has 0 bridgehead atoms. The summed E-state index contributed by atoms with van der Waals surface area (Å²) < 4.78 is 0. The Balaban J connectivity index is 0.00000200. The van der Waals surface area contributed by atoms with Crippen molar-refractivity contribution in [3.8, 4) is 0 Å². The van der Waals surface area contributed by atoms with Crippen LogP contribution in [0.4, 0.5) is 5.13 Å². The number of carbonyl (C=O) groups is 1. The minimum absolute atomic E-state index is 0. The summed E-state index contributed by atoms with van der Waals surface area (Å²) >= 11 is 1.49. The molecule has 1 amide bonds. The van der Waals surface area contributed by atoms with E-state index in [1.54, 1.807) is 6.20 Å². The molecule has 1 fully saturated rings.